The Morgan fingerprint density at radius 3 is 2.56 bits per heavy atom. The molecule has 4 nitrogen and oxygen atoms in total. The van der Waals surface area contributed by atoms with Gasteiger partial charge in [0, 0.05) is 13.1 Å². The highest BCUT2D eigenvalue weighted by atomic mass is 16.4. The van der Waals surface area contributed by atoms with E-state index in [1.165, 1.54) is 0 Å². The third-order valence-corrected chi connectivity index (χ3v) is 3.52. The number of hydrogen-bond acceptors (Lipinski definition) is 3. The molecule has 16 heavy (non-hydrogen) atoms. The lowest BCUT2D eigenvalue weighted by Gasteiger charge is -2.32. The summed E-state index contributed by atoms with van der Waals surface area (Å²) in [7, 11) is 1.90. The third kappa shape index (κ3) is 2.95. The predicted octanol–water partition coefficient (Wildman–Crippen LogP) is 1.03. The molecule has 0 saturated carbocycles. The number of carboxylic acid groups (broad SMARTS) is 1. The zero-order valence-electron chi connectivity index (χ0n) is 10.8. The van der Waals surface area contributed by atoms with E-state index in [0.717, 1.165) is 26.1 Å². The summed E-state index contributed by atoms with van der Waals surface area (Å²) in [6.07, 6.45) is 0.990. The first kappa shape index (κ1) is 13.5. The average molecular weight is 228 g/mol. The van der Waals surface area contributed by atoms with Gasteiger partial charge in [-0.3, -0.25) is 9.69 Å². The summed E-state index contributed by atoms with van der Waals surface area (Å²) in [6.45, 7) is 8.97. The SMILES string of the molecule is CNCCN1CCC(C(C)(C)C)C1C(=O)O. The van der Waals surface area contributed by atoms with Crippen LogP contribution in [0, 0.1) is 11.3 Å². The second-order valence-corrected chi connectivity index (χ2v) is 5.68. The van der Waals surface area contributed by atoms with Crippen LogP contribution in [0.15, 0.2) is 0 Å². The highest BCUT2D eigenvalue weighted by Gasteiger charge is 2.44. The Balaban J connectivity index is 2.73. The van der Waals surface area contributed by atoms with Crippen molar-refractivity contribution in [1.82, 2.24) is 10.2 Å². The molecule has 4 heteroatoms. The van der Waals surface area contributed by atoms with E-state index in [1.54, 1.807) is 0 Å². The smallest absolute Gasteiger partial charge is 0.321 e. The standard InChI is InChI=1S/C12H24N2O2/c1-12(2,3)9-5-7-14(8-6-13-4)10(9)11(15)16/h9-10,13H,5-8H2,1-4H3,(H,15,16). The Labute approximate surface area is 98.0 Å². The quantitative estimate of drug-likeness (QED) is 0.754. The Morgan fingerprint density at radius 1 is 1.50 bits per heavy atom. The molecule has 94 valence electrons. The maximum atomic E-state index is 11.4. The molecule has 1 aliphatic rings. The fourth-order valence-corrected chi connectivity index (χ4v) is 2.60. The van der Waals surface area contributed by atoms with Crippen LogP contribution in [0.5, 0.6) is 0 Å². The van der Waals surface area contributed by atoms with Crippen LogP contribution >= 0.6 is 0 Å². The number of nitrogens with one attached hydrogen (secondary N) is 1. The first-order valence-corrected chi connectivity index (χ1v) is 5.99. The van der Waals surface area contributed by atoms with Gasteiger partial charge in [0.05, 0.1) is 0 Å². The molecule has 0 radical (unpaired) electrons. The molecule has 0 amide bonds. The molecule has 0 bridgehead atoms. The summed E-state index contributed by atoms with van der Waals surface area (Å²) in [4.78, 5) is 13.5. The molecule has 1 saturated heterocycles. The summed E-state index contributed by atoms with van der Waals surface area (Å²) < 4.78 is 0. The summed E-state index contributed by atoms with van der Waals surface area (Å²) in [6, 6.07) is -0.312. The van der Waals surface area contributed by atoms with Crippen molar-refractivity contribution < 1.29 is 9.90 Å². The van der Waals surface area contributed by atoms with E-state index in [2.05, 4.69) is 31.0 Å². The van der Waals surface area contributed by atoms with E-state index in [-0.39, 0.29) is 17.4 Å². The van der Waals surface area contributed by atoms with Gasteiger partial charge in [-0.05, 0) is 31.3 Å². The first-order valence-electron chi connectivity index (χ1n) is 5.99. The van der Waals surface area contributed by atoms with Gasteiger partial charge < -0.3 is 10.4 Å². The molecule has 2 unspecified atom stereocenters. The number of likely N-dealkylation sites (N-methyl/N-ethyl adjacent to an activating group) is 1. The molecule has 0 aromatic heterocycles. The molecule has 2 N–H and O–H groups in total. The van der Waals surface area contributed by atoms with Crippen LogP contribution in [0.4, 0.5) is 0 Å². The second kappa shape index (κ2) is 5.15. The van der Waals surface area contributed by atoms with Crippen LogP contribution < -0.4 is 5.32 Å². The van der Waals surface area contributed by atoms with Crippen LogP contribution in [0.2, 0.25) is 0 Å². The third-order valence-electron chi connectivity index (χ3n) is 3.52. The molecular weight excluding hydrogens is 204 g/mol. The van der Waals surface area contributed by atoms with Crippen LogP contribution in [0.3, 0.4) is 0 Å². The van der Waals surface area contributed by atoms with Gasteiger partial charge in [-0.2, -0.15) is 0 Å². The molecule has 1 rings (SSSR count). The number of carboxylic acids is 1. The van der Waals surface area contributed by atoms with Crippen molar-refractivity contribution in [3.63, 3.8) is 0 Å². The van der Waals surface area contributed by atoms with Crippen LogP contribution in [-0.2, 0) is 4.79 Å². The maximum absolute atomic E-state index is 11.4. The molecule has 0 aliphatic carbocycles. The molecule has 1 aliphatic heterocycles. The minimum atomic E-state index is -0.673. The maximum Gasteiger partial charge on any atom is 0.321 e. The Kier molecular flexibility index (Phi) is 4.33. The second-order valence-electron chi connectivity index (χ2n) is 5.68. The van der Waals surface area contributed by atoms with Gasteiger partial charge in [0.25, 0.3) is 0 Å². The first-order chi connectivity index (χ1) is 7.38. The summed E-state index contributed by atoms with van der Waals surface area (Å²) in [5, 5.41) is 12.4. The molecule has 2 atom stereocenters. The Bertz CT molecular complexity index is 248. The van der Waals surface area contributed by atoms with E-state index < -0.39 is 5.97 Å². The van der Waals surface area contributed by atoms with E-state index in [0.29, 0.717) is 0 Å². The van der Waals surface area contributed by atoms with Crippen molar-refractivity contribution in [3.8, 4) is 0 Å². The van der Waals surface area contributed by atoms with Crippen molar-refractivity contribution in [2.75, 3.05) is 26.7 Å². The fourth-order valence-electron chi connectivity index (χ4n) is 2.60. The summed E-state index contributed by atoms with van der Waals surface area (Å²) in [5.41, 5.74) is 0.0669. The molecule has 0 aromatic rings. The van der Waals surface area contributed by atoms with Gasteiger partial charge in [0.2, 0.25) is 0 Å². The van der Waals surface area contributed by atoms with E-state index in [1.807, 2.05) is 7.05 Å². The normalized spacial score (nSPS) is 27.2. The monoisotopic (exact) mass is 228 g/mol. The van der Waals surface area contributed by atoms with Crippen LogP contribution in [-0.4, -0.2) is 48.7 Å². The van der Waals surface area contributed by atoms with Gasteiger partial charge >= 0.3 is 5.97 Å². The van der Waals surface area contributed by atoms with Crippen LogP contribution in [0.1, 0.15) is 27.2 Å². The van der Waals surface area contributed by atoms with Gasteiger partial charge in [-0.25, -0.2) is 0 Å². The number of nitrogens with zero attached hydrogens (tertiary/aromatic N) is 1. The van der Waals surface area contributed by atoms with Crippen molar-refractivity contribution >= 4 is 5.97 Å². The number of carbonyl (C=O) groups is 1. The molecule has 1 heterocycles. The molecule has 0 aromatic carbocycles. The van der Waals surface area contributed by atoms with Crippen molar-refractivity contribution in [1.29, 1.82) is 0 Å². The van der Waals surface area contributed by atoms with Crippen molar-refractivity contribution in [2.45, 2.75) is 33.2 Å². The Morgan fingerprint density at radius 2 is 2.12 bits per heavy atom. The van der Waals surface area contributed by atoms with Crippen LogP contribution in [0.25, 0.3) is 0 Å². The number of likely N-dealkylation sites (tertiary alicyclic amines) is 1. The van der Waals surface area contributed by atoms with Gasteiger partial charge in [0.1, 0.15) is 6.04 Å². The van der Waals surface area contributed by atoms with E-state index in [9.17, 15) is 9.90 Å². The minimum absolute atomic E-state index is 0.0669. The minimum Gasteiger partial charge on any atom is -0.480 e. The molecule has 1 fully saturated rings. The van der Waals surface area contributed by atoms with Crippen molar-refractivity contribution in [3.05, 3.63) is 0 Å². The molecule has 0 spiro atoms. The highest BCUT2D eigenvalue weighted by molar-refractivity contribution is 5.74. The van der Waals surface area contributed by atoms with Gasteiger partial charge in [0.15, 0.2) is 0 Å². The fraction of sp³-hybridized carbons (Fsp3) is 0.917. The van der Waals surface area contributed by atoms with Gasteiger partial charge in [-0.1, -0.05) is 20.8 Å². The number of rotatable bonds is 4. The van der Waals surface area contributed by atoms with E-state index in [4.69, 9.17) is 0 Å². The zero-order chi connectivity index (χ0) is 12.3. The zero-order valence-corrected chi connectivity index (χ0v) is 10.8. The van der Waals surface area contributed by atoms with Crippen molar-refractivity contribution in [2.24, 2.45) is 11.3 Å². The lowest BCUT2D eigenvalue weighted by atomic mass is 9.76. The van der Waals surface area contributed by atoms with Gasteiger partial charge in [-0.15, -0.1) is 0 Å². The number of aliphatic carboxylic acids is 1. The lowest BCUT2D eigenvalue weighted by Crippen LogP contribution is -2.45. The predicted molar refractivity (Wildman–Crippen MR) is 64.5 cm³/mol. The largest absolute Gasteiger partial charge is 0.480 e. The number of hydrogen-bond donors (Lipinski definition) is 2. The lowest BCUT2D eigenvalue weighted by molar-refractivity contribution is -0.144. The summed E-state index contributed by atoms with van der Waals surface area (Å²) >= 11 is 0. The molecular formula is C12H24N2O2. The topological polar surface area (TPSA) is 52.6 Å². The highest BCUT2D eigenvalue weighted by Crippen LogP contribution is 2.38. The average Bonchev–Trinajstić information content (AvgIpc) is 2.57. The van der Waals surface area contributed by atoms with E-state index >= 15 is 0 Å². The Hall–Kier alpha value is -0.610. The summed E-state index contributed by atoms with van der Waals surface area (Å²) in [5.74, 6) is -0.421.